The zero-order valence-electron chi connectivity index (χ0n) is 17.9. The van der Waals surface area contributed by atoms with E-state index in [1.165, 1.54) is 12.1 Å². The highest BCUT2D eigenvalue weighted by Gasteiger charge is 2.32. The van der Waals surface area contributed by atoms with Gasteiger partial charge in [-0.05, 0) is 31.9 Å². The SMILES string of the molecule is CCOC(=O)C1CCN(c2ncnc(NNC(=O)c3ccc(Cl)c([N+](=O)[O-])c3)c2[N+](=O)[O-])CC1. The second-order valence-electron chi connectivity index (χ2n) is 7.17. The van der Waals surface area contributed by atoms with Gasteiger partial charge in [0, 0.05) is 24.7 Å². The van der Waals surface area contributed by atoms with E-state index in [2.05, 4.69) is 20.8 Å². The van der Waals surface area contributed by atoms with Crippen LogP contribution < -0.4 is 15.8 Å². The van der Waals surface area contributed by atoms with Crippen molar-refractivity contribution in [2.24, 2.45) is 5.92 Å². The summed E-state index contributed by atoms with van der Waals surface area (Å²) in [6.07, 6.45) is 1.98. The Kier molecular flexibility index (Phi) is 7.73. The molecule has 1 aromatic carbocycles. The van der Waals surface area contributed by atoms with Crippen LogP contribution in [0.15, 0.2) is 24.5 Å². The first-order valence-electron chi connectivity index (χ1n) is 10.1. The van der Waals surface area contributed by atoms with Gasteiger partial charge in [-0.25, -0.2) is 9.97 Å². The summed E-state index contributed by atoms with van der Waals surface area (Å²) in [5.41, 5.74) is 3.59. The molecule has 0 bridgehead atoms. The number of carbonyl (C=O) groups excluding carboxylic acids is 2. The molecular formula is C19H20ClN7O7. The number of nitrogens with one attached hydrogen (secondary N) is 2. The second-order valence-corrected chi connectivity index (χ2v) is 7.57. The van der Waals surface area contributed by atoms with Crippen LogP contribution in [-0.4, -0.2) is 51.4 Å². The van der Waals surface area contributed by atoms with E-state index in [1.54, 1.807) is 11.8 Å². The topological polar surface area (TPSA) is 183 Å². The number of hydrogen-bond acceptors (Lipinski definition) is 11. The van der Waals surface area contributed by atoms with Crippen molar-refractivity contribution in [1.82, 2.24) is 15.4 Å². The number of piperidine rings is 1. The van der Waals surface area contributed by atoms with Crippen molar-refractivity contribution in [3.63, 3.8) is 0 Å². The predicted molar refractivity (Wildman–Crippen MR) is 119 cm³/mol. The number of nitrogens with zero attached hydrogens (tertiary/aromatic N) is 5. The molecule has 1 saturated heterocycles. The lowest BCUT2D eigenvalue weighted by molar-refractivity contribution is -0.384. The normalized spacial score (nSPS) is 13.8. The molecular weight excluding hydrogens is 474 g/mol. The van der Waals surface area contributed by atoms with Crippen LogP contribution in [0.3, 0.4) is 0 Å². The van der Waals surface area contributed by atoms with Crippen LogP contribution in [-0.2, 0) is 9.53 Å². The van der Waals surface area contributed by atoms with Crippen LogP contribution in [0, 0.1) is 26.1 Å². The van der Waals surface area contributed by atoms with Gasteiger partial charge in [0.25, 0.3) is 11.6 Å². The average molecular weight is 494 g/mol. The molecule has 1 aliphatic rings. The molecule has 1 aromatic heterocycles. The zero-order valence-corrected chi connectivity index (χ0v) is 18.6. The summed E-state index contributed by atoms with van der Waals surface area (Å²) in [4.78, 5) is 55.3. The lowest BCUT2D eigenvalue weighted by Crippen LogP contribution is -2.38. The Morgan fingerprint density at radius 1 is 1.21 bits per heavy atom. The summed E-state index contributed by atoms with van der Waals surface area (Å²) in [6.45, 7) is 2.67. The minimum atomic E-state index is -0.801. The number of amides is 1. The van der Waals surface area contributed by atoms with Crippen LogP contribution in [0.5, 0.6) is 0 Å². The number of aromatic nitrogens is 2. The highest BCUT2D eigenvalue weighted by Crippen LogP contribution is 2.34. The number of benzene rings is 1. The minimum absolute atomic E-state index is 0.0289. The summed E-state index contributed by atoms with van der Waals surface area (Å²) in [5, 5.41) is 22.7. The number of hydrogen-bond donors (Lipinski definition) is 2. The quantitative estimate of drug-likeness (QED) is 0.313. The number of carbonyl (C=O) groups is 2. The second kappa shape index (κ2) is 10.7. The summed E-state index contributed by atoms with van der Waals surface area (Å²) in [5.74, 6) is -1.64. The molecule has 0 atom stereocenters. The Labute approximate surface area is 197 Å². The molecule has 0 unspecified atom stereocenters. The van der Waals surface area contributed by atoms with Crippen molar-refractivity contribution in [2.45, 2.75) is 19.8 Å². The third-order valence-corrected chi connectivity index (χ3v) is 5.42. The molecule has 2 heterocycles. The number of halogens is 1. The number of ether oxygens (including phenoxy) is 1. The molecule has 0 saturated carbocycles. The Morgan fingerprint density at radius 3 is 2.53 bits per heavy atom. The molecule has 0 spiro atoms. The smallest absolute Gasteiger partial charge is 0.355 e. The third kappa shape index (κ3) is 5.46. The maximum absolute atomic E-state index is 12.4. The Morgan fingerprint density at radius 2 is 1.91 bits per heavy atom. The van der Waals surface area contributed by atoms with E-state index in [0.717, 1.165) is 12.4 Å². The van der Waals surface area contributed by atoms with Crippen molar-refractivity contribution in [3.05, 3.63) is 55.3 Å². The van der Waals surface area contributed by atoms with Crippen molar-refractivity contribution >= 4 is 46.5 Å². The van der Waals surface area contributed by atoms with Gasteiger partial charge in [0.1, 0.15) is 11.3 Å². The van der Waals surface area contributed by atoms with Gasteiger partial charge >= 0.3 is 11.7 Å². The van der Waals surface area contributed by atoms with Gasteiger partial charge in [-0.15, -0.1) is 0 Å². The van der Waals surface area contributed by atoms with Gasteiger partial charge in [-0.3, -0.25) is 40.7 Å². The summed E-state index contributed by atoms with van der Waals surface area (Å²) in [6, 6.07) is 3.44. The van der Waals surface area contributed by atoms with Gasteiger partial charge in [-0.1, -0.05) is 11.6 Å². The van der Waals surface area contributed by atoms with Crippen LogP contribution in [0.25, 0.3) is 0 Å². The Balaban J connectivity index is 1.75. The van der Waals surface area contributed by atoms with E-state index in [1.807, 2.05) is 0 Å². The molecule has 1 fully saturated rings. The molecule has 2 N–H and O–H groups in total. The summed E-state index contributed by atoms with van der Waals surface area (Å²) in [7, 11) is 0. The molecule has 3 rings (SSSR count). The van der Waals surface area contributed by atoms with Crippen LogP contribution in [0.2, 0.25) is 5.02 Å². The first kappa shape index (κ1) is 24.6. The number of anilines is 2. The fourth-order valence-corrected chi connectivity index (χ4v) is 3.62. The lowest BCUT2D eigenvalue weighted by Gasteiger charge is -2.31. The zero-order chi connectivity index (χ0) is 24.8. The summed E-state index contributed by atoms with van der Waals surface area (Å²) >= 11 is 5.75. The van der Waals surface area contributed by atoms with Crippen molar-refractivity contribution in [1.29, 1.82) is 0 Å². The molecule has 14 nitrogen and oxygen atoms in total. The van der Waals surface area contributed by atoms with Gasteiger partial charge in [-0.2, -0.15) is 0 Å². The summed E-state index contributed by atoms with van der Waals surface area (Å²) < 4.78 is 5.04. The molecule has 15 heteroatoms. The van der Waals surface area contributed by atoms with Gasteiger partial charge < -0.3 is 9.64 Å². The van der Waals surface area contributed by atoms with Crippen molar-refractivity contribution in [3.8, 4) is 0 Å². The average Bonchev–Trinajstić information content (AvgIpc) is 2.82. The van der Waals surface area contributed by atoms with E-state index >= 15 is 0 Å². The van der Waals surface area contributed by atoms with Crippen LogP contribution in [0.4, 0.5) is 23.0 Å². The minimum Gasteiger partial charge on any atom is -0.466 e. The van der Waals surface area contributed by atoms with Crippen LogP contribution in [0.1, 0.15) is 30.1 Å². The molecule has 180 valence electrons. The molecule has 1 amide bonds. The third-order valence-electron chi connectivity index (χ3n) is 5.10. The van der Waals surface area contributed by atoms with E-state index in [4.69, 9.17) is 16.3 Å². The van der Waals surface area contributed by atoms with Gasteiger partial charge in [0.05, 0.1) is 22.4 Å². The first-order valence-corrected chi connectivity index (χ1v) is 10.5. The number of nitro benzene ring substituents is 1. The molecule has 0 radical (unpaired) electrons. The fraction of sp³-hybridized carbons (Fsp3) is 0.368. The van der Waals surface area contributed by atoms with Gasteiger partial charge in [0.15, 0.2) is 0 Å². The monoisotopic (exact) mass is 493 g/mol. The van der Waals surface area contributed by atoms with Gasteiger partial charge in [0.2, 0.25) is 11.6 Å². The molecule has 1 aliphatic heterocycles. The molecule has 2 aromatic rings. The number of hydrazine groups is 1. The first-order chi connectivity index (χ1) is 16.2. The number of nitro groups is 2. The predicted octanol–water partition coefficient (Wildman–Crippen LogP) is 2.48. The van der Waals surface area contributed by atoms with Crippen molar-refractivity contribution < 1.29 is 24.2 Å². The molecule has 0 aliphatic carbocycles. The maximum atomic E-state index is 12.4. The Bertz CT molecular complexity index is 1120. The van der Waals surface area contributed by atoms with E-state index in [-0.39, 0.29) is 40.7 Å². The lowest BCUT2D eigenvalue weighted by atomic mass is 9.97. The largest absolute Gasteiger partial charge is 0.466 e. The van der Waals surface area contributed by atoms with E-state index in [9.17, 15) is 29.8 Å². The number of esters is 1. The standard InChI is InChI=1S/C19H20ClN7O7/c1-2-34-19(29)11-5-7-25(8-6-11)17-15(27(32)33)16(21-10-22-17)23-24-18(28)12-3-4-13(20)14(9-12)26(30)31/h3-4,9-11H,2,5-8H2,1H3,(H,24,28)(H,21,22,23). The highest BCUT2D eigenvalue weighted by atomic mass is 35.5. The Hall–Kier alpha value is -4.07. The molecule has 34 heavy (non-hydrogen) atoms. The highest BCUT2D eigenvalue weighted by molar-refractivity contribution is 6.32. The fourth-order valence-electron chi connectivity index (χ4n) is 3.43. The maximum Gasteiger partial charge on any atom is 0.355 e. The van der Waals surface area contributed by atoms with Crippen molar-refractivity contribution in [2.75, 3.05) is 30.0 Å². The number of rotatable bonds is 8. The van der Waals surface area contributed by atoms with Crippen LogP contribution >= 0.6 is 11.6 Å². The van der Waals surface area contributed by atoms with E-state index < -0.39 is 27.1 Å². The van der Waals surface area contributed by atoms with E-state index in [0.29, 0.717) is 25.9 Å².